The second-order valence-corrected chi connectivity index (χ2v) is 55.1. The third-order valence-electron chi connectivity index (χ3n) is 8.28. The van der Waals surface area contributed by atoms with Crippen molar-refractivity contribution < 1.29 is 48.0 Å². The molecule has 0 N–H and O–H groups in total. The van der Waals surface area contributed by atoms with Crippen molar-refractivity contribution in [3.63, 3.8) is 0 Å². The zero-order valence-electron chi connectivity index (χ0n) is 38.7. The average molecular weight is 907 g/mol. The van der Waals surface area contributed by atoms with Gasteiger partial charge in [0.25, 0.3) is 0 Å². The Bertz CT molecular complexity index is 1170. The van der Waals surface area contributed by atoms with Crippen LogP contribution in [0, 0.1) is 0 Å². The first-order chi connectivity index (χ1) is 22.1. The molecule has 0 aliphatic carbocycles. The zero-order valence-corrected chi connectivity index (χ0v) is 47.4. The van der Waals surface area contributed by atoms with Gasteiger partial charge >= 0.3 is 23.2 Å². The summed E-state index contributed by atoms with van der Waals surface area (Å²) in [6, 6.07) is 0. The number of rotatable bonds is 16. The maximum absolute atomic E-state index is 13.1. The van der Waals surface area contributed by atoms with Crippen LogP contribution in [0.3, 0.4) is 0 Å². The van der Waals surface area contributed by atoms with Crippen molar-refractivity contribution in [2.24, 2.45) is 0 Å². The summed E-state index contributed by atoms with van der Waals surface area (Å²) in [4.78, 5) is 0. The minimum atomic E-state index is -3.53. The van der Waals surface area contributed by atoms with Gasteiger partial charge in [0.05, 0.1) is 13.2 Å². The molecule has 0 bridgehead atoms. The van der Waals surface area contributed by atoms with Crippen LogP contribution < -0.4 is 0 Å². The Hall–Kier alpha value is 1.67. The summed E-state index contributed by atoms with van der Waals surface area (Å²) in [5.41, 5.74) is 0. The molecule has 0 aromatic heterocycles. The summed E-state index contributed by atoms with van der Waals surface area (Å²) in [5.74, 6) is 0. The molecule has 0 saturated heterocycles. The smallest absolute Gasteiger partial charge is 0.352 e. The molecule has 0 aromatic rings. The Morgan fingerprint density at radius 2 is 0.577 bits per heavy atom. The summed E-state index contributed by atoms with van der Waals surface area (Å²) in [6.45, 7) is 55.2. The predicted molar refractivity (Wildman–Crippen MR) is 240 cm³/mol. The van der Waals surface area contributed by atoms with Crippen LogP contribution in [0.1, 0.15) is 76.2 Å². The molecular formula is C32H85O11P3Si6. The van der Waals surface area contributed by atoms with Gasteiger partial charge in [-0.1, -0.05) is 62.3 Å². The first-order valence-electron chi connectivity index (χ1n) is 18.4. The van der Waals surface area contributed by atoms with Crippen molar-refractivity contribution in [1.29, 1.82) is 0 Å². The first kappa shape index (κ1) is 58.0. The summed E-state index contributed by atoms with van der Waals surface area (Å²) in [5, 5.41) is -0.115. The molecule has 318 valence electrons. The van der Waals surface area contributed by atoms with Crippen LogP contribution in [0.15, 0.2) is 0 Å². The van der Waals surface area contributed by atoms with Gasteiger partial charge < -0.3 is 25.3 Å². The predicted octanol–water partition coefficient (Wildman–Crippen LogP) is 14.7. The molecule has 11 nitrogen and oxygen atoms in total. The van der Waals surface area contributed by atoms with Crippen molar-refractivity contribution in [2.75, 3.05) is 19.9 Å². The maximum atomic E-state index is 13.1. The van der Waals surface area contributed by atoms with E-state index in [0.717, 1.165) is 0 Å². The third-order valence-corrected chi connectivity index (χ3v) is 38.5. The fraction of sp³-hybridized carbons (Fsp3) is 1.00. The second-order valence-electron chi connectivity index (χ2n) is 20.7. The minimum absolute atomic E-state index is 0.0252. The molecule has 1 unspecified atom stereocenters. The lowest BCUT2D eigenvalue weighted by Gasteiger charge is -2.42. The molecule has 0 rings (SSSR count). The Balaban J connectivity index is -0.000000712. The van der Waals surface area contributed by atoms with Crippen LogP contribution in [-0.2, 0) is 48.0 Å². The van der Waals surface area contributed by atoms with Crippen molar-refractivity contribution >= 4 is 73.1 Å². The van der Waals surface area contributed by atoms with Crippen molar-refractivity contribution in [3.8, 4) is 0 Å². The number of phosphoric acid groups is 2. The fourth-order valence-electron chi connectivity index (χ4n) is 3.06. The van der Waals surface area contributed by atoms with Crippen LogP contribution in [-0.4, -0.2) is 69.8 Å². The van der Waals surface area contributed by atoms with Crippen LogP contribution in [0.25, 0.3) is 0 Å². The van der Waals surface area contributed by atoms with E-state index in [0.29, 0.717) is 13.2 Å². The van der Waals surface area contributed by atoms with Gasteiger partial charge in [-0.25, -0.2) is 9.13 Å². The lowest BCUT2D eigenvalue weighted by atomic mass is 10.2. The van der Waals surface area contributed by atoms with Crippen LogP contribution in [0.2, 0.25) is 113 Å². The standard InChI is InChI=1S/C14H35O4PSi2.C11H29O4PSi2.C7H21O3PSi2/c1-12-16-19(15,17-20(8,9)13(2,3)4)18-21(10,11)14(5,6)7;1-10-13-16(12,14-17(5,6)7)15-18(8,9)11(2,3)4;1-11(8,9-12(2,3)4)10-13(5,6)7/h12H2,1-11H3;10H2,1-9H3;1-7H3. The monoisotopic (exact) mass is 906 g/mol. The van der Waals surface area contributed by atoms with Crippen LogP contribution >= 0.6 is 23.2 Å². The highest BCUT2D eigenvalue weighted by molar-refractivity contribution is 7.56. The average Bonchev–Trinajstić information content (AvgIpc) is 2.71. The molecule has 52 heavy (non-hydrogen) atoms. The van der Waals surface area contributed by atoms with E-state index in [1.807, 2.05) is 78.9 Å². The SMILES string of the molecule is CCOP(=O)(O[Si](C)(C)C(C)(C)C)O[Si](C)(C)C(C)(C)C.CCOP(=O)(O[Si](C)(C)C)O[Si](C)(C)C(C)(C)C.C[Si](C)(C)OP(C)(=O)O[Si](C)(C)C. The normalized spacial score (nSPS) is 16.0. The van der Waals surface area contributed by atoms with E-state index >= 15 is 0 Å². The molecule has 0 fully saturated rings. The van der Waals surface area contributed by atoms with E-state index in [1.165, 1.54) is 0 Å². The summed E-state index contributed by atoms with van der Waals surface area (Å²) in [7, 11) is -21.9. The van der Waals surface area contributed by atoms with Gasteiger partial charge in [0.1, 0.15) is 0 Å². The van der Waals surface area contributed by atoms with Gasteiger partial charge in [0.2, 0.25) is 25.0 Å². The third kappa shape index (κ3) is 25.1. The molecule has 20 heteroatoms. The number of hydrogen-bond donors (Lipinski definition) is 0. The van der Waals surface area contributed by atoms with Gasteiger partial charge in [0, 0.05) is 6.66 Å². The Morgan fingerprint density at radius 1 is 0.385 bits per heavy atom. The van der Waals surface area contributed by atoms with Gasteiger partial charge in [-0.3, -0.25) is 13.6 Å². The zero-order chi connectivity index (χ0) is 43.1. The fourth-order valence-corrected chi connectivity index (χ4v) is 26.6. The lowest BCUT2D eigenvalue weighted by molar-refractivity contribution is 0.207. The van der Waals surface area contributed by atoms with Gasteiger partial charge in [-0.2, -0.15) is 0 Å². The molecule has 0 spiro atoms. The highest BCUT2D eigenvalue weighted by Crippen LogP contribution is 2.60. The molecule has 0 amide bonds. The molecule has 1 atom stereocenters. The first-order valence-corrected chi connectivity index (χ1v) is 42.3. The molecule has 0 aliphatic rings. The van der Waals surface area contributed by atoms with E-state index in [2.05, 4.69) is 88.5 Å². The molecule has 0 radical (unpaired) electrons. The van der Waals surface area contributed by atoms with Crippen LogP contribution in [0.4, 0.5) is 0 Å². The van der Waals surface area contributed by atoms with Crippen molar-refractivity contribution in [1.82, 2.24) is 0 Å². The van der Waals surface area contributed by atoms with Gasteiger partial charge in [-0.15, -0.1) is 0 Å². The summed E-state index contributed by atoms with van der Waals surface area (Å²) < 4.78 is 83.2. The lowest BCUT2D eigenvalue weighted by Crippen LogP contribution is -2.44. The Labute approximate surface area is 329 Å². The summed E-state index contributed by atoms with van der Waals surface area (Å²) >= 11 is 0. The Kier molecular flexibility index (Phi) is 22.4. The highest BCUT2D eigenvalue weighted by atomic mass is 31.2. The van der Waals surface area contributed by atoms with Crippen LogP contribution in [0.5, 0.6) is 0 Å². The Morgan fingerprint density at radius 3 is 0.731 bits per heavy atom. The van der Waals surface area contributed by atoms with Crippen molar-refractivity contribution in [3.05, 3.63) is 0 Å². The quantitative estimate of drug-likeness (QED) is 0.109. The van der Waals surface area contributed by atoms with E-state index in [4.69, 9.17) is 34.3 Å². The molecule has 0 aromatic carbocycles. The van der Waals surface area contributed by atoms with Gasteiger partial charge in [-0.05, 0) is 127 Å². The van der Waals surface area contributed by atoms with E-state index in [-0.39, 0.29) is 15.1 Å². The largest absolute Gasteiger partial charge is 0.455 e. The second kappa shape index (κ2) is 20.1. The maximum Gasteiger partial charge on any atom is 0.455 e. The molecule has 0 aliphatic heterocycles. The molecule has 0 heterocycles. The van der Waals surface area contributed by atoms with Gasteiger partial charge in [0.15, 0.2) is 25.0 Å². The highest BCUT2D eigenvalue weighted by Gasteiger charge is 2.50. The minimum Gasteiger partial charge on any atom is -0.352 e. The molecular weight excluding hydrogens is 822 g/mol. The molecule has 0 saturated carbocycles. The van der Waals surface area contributed by atoms with E-state index < -0.39 is 73.1 Å². The van der Waals surface area contributed by atoms with E-state index in [9.17, 15) is 13.7 Å². The van der Waals surface area contributed by atoms with E-state index in [1.54, 1.807) is 13.6 Å². The topological polar surface area (TPSA) is 125 Å². The summed E-state index contributed by atoms with van der Waals surface area (Å²) in [6.07, 6.45) is 0. The van der Waals surface area contributed by atoms with Crippen molar-refractivity contribution in [2.45, 2.75) is 189 Å². The number of hydrogen-bond acceptors (Lipinski definition) is 11.